The van der Waals surface area contributed by atoms with E-state index in [0.29, 0.717) is 13.0 Å². The normalized spacial score (nSPS) is 16.2. The number of imidazole rings is 1. The summed E-state index contributed by atoms with van der Waals surface area (Å²) in [6.45, 7) is 3.86. The molecule has 2 aromatic carbocycles. The van der Waals surface area contributed by atoms with Crippen LogP contribution in [0.3, 0.4) is 0 Å². The van der Waals surface area contributed by atoms with Gasteiger partial charge in [0.2, 0.25) is 5.91 Å². The van der Waals surface area contributed by atoms with Crippen molar-refractivity contribution in [1.82, 2.24) is 9.55 Å². The molecule has 5 heteroatoms. The Labute approximate surface area is 191 Å². The zero-order valence-corrected chi connectivity index (χ0v) is 19.4. The summed E-state index contributed by atoms with van der Waals surface area (Å²) in [6.07, 6.45) is 9.48. The van der Waals surface area contributed by atoms with Crippen LogP contribution in [0.4, 0.5) is 5.69 Å². The van der Waals surface area contributed by atoms with Crippen LogP contribution in [-0.2, 0) is 11.3 Å². The summed E-state index contributed by atoms with van der Waals surface area (Å²) in [5, 5.41) is 0. The number of anilines is 1. The molecule has 0 unspecified atom stereocenters. The Bertz CT molecular complexity index is 1040. The number of ether oxygens (including phenoxy) is 1. The highest BCUT2D eigenvalue weighted by molar-refractivity contribution is 5.97. The van der Waals surface area contributed by atoms with Crippen LogP contribution < -0.4 is 9.64 Å². The Kier molecular flexibility index (Phi) is 7.46. The third-order valence-electron chi connectivity index (χ3n) is 6.54. The minimum atomic E-state index is 0.0874. The molecule has 4 rings (SSSR count). The van der Waals surface area contributed by atoms with Gasteiger partial charge in [-0.25, -0.2) is 4.98 Å². The summed E-state index contributed by atoms with van der Waals surface area (Å²) < 4.78 is 7.87. The molecule has 1 amide bonds. The van der Waals surface area contributed by atoms with E-state index in [2.05, 4.69) is 29.7 Å². The highest BCUT2D eigenvalue weighted by Crippen LogP contribution is 2.37. The van der Waals surface area contributed by atoms with E-state index in [1.165, 1.54) is 44.0 Å². The molecule has 1 aliphatic heterocycles. The number of methoxy groups -OCH3 is 1. The minimum absolute atomic E-state index is 0.0874. The zero-order valence-electron chi connectivity index (χ0n) is 19.4. The third kappa shape index (κ3) is 4.82. The molecule has 1 aliphatic rings. The number of para-hydroxylation sites is 4. The lowest BCUT2D eigenvalue weighted by atomic mass is 10.1. The van der Waals surface area contributed by atoms with Crippen molar-refractivity contribution in [3.63, 3.8) is 0 Å². The summed E-state index contributed by atoms with van der Waals surface area (Å²) in [7, 11) is 1.65. The fraction of sp³-hybridized carbons (Fsp3) is 0.481. The molecule has 1 aromatic heterocycles. The van der Waals surface area contributed by atoms with E-state index in [1.54, 1.807) is 7.11 Å². The Balaban J connectivity index is 1.51. The number of hydrogen-bond donors (Lipinski definition) is 0. The Morgan fingerprint density at radius 2 is 1.69 bits per heavy atom. The van der Waals surface area contributed by atoms with Crippen LogP contribution in [-0.4, -0.2) is 29.1 Å². The van der Waals surface area contributed by atoms with Crippen molar-refractivity contribution in [2.45, 2.75) is 70.8 Å². The summed E-state index contributed by atoms with van der Waals surface area (Å²) in [6, 6.07) is 16.1. The molecule has 0 saturated carbocycles. The Morgan fingerprint density at radius 1 is 0.969 bits per heavy atom. The lowest BCUT2D eigenvalue weighted by Gasteiger charge is -2.19. The first-order chi connectivity index (χ1) is 15.7. The second kappa shape index (κ2) is 10.7. The molecule has 32 heavy (non-hydrogen) atoms. The maximum Gasteiger partial charge on any atom is 0.227 e. The van der Waals surface area contributed by atoms with E-state index in [4.69, 9.17) is 9.72 Å². The summed E-state index contributed by atoms with van der Waals surface area (Å²) in [5.74, 6) is 2.00. The lowest BCUT2D eigenvalue weighted by molar-refractivity contribution is -0.117. The summed E-state index contributed by atoms with van der Waals surface area (Å²) in [5.41, 5.74) is 3.04. The van der Waals surface area contributed by atoms with Crippen molar-refractivity contribution in [3.05, 3.63) is 54.4 Å². The molecule has 3 aromatic rings. The molecule has 0 aliphatic carbocycles. The van der Waals surface area contributed by atoms with Crippen LogP contribution in [0.2, 0.25) is 0 Å². The maximum absolute atomic E-state index is 13.0. The third-order valence-corrected chi connectivity index (χ3v) is 6.54. The maximum atomic E-state index is 13.0. The van der Waals surface area contributed by atoms with Gasteiger partial charge >= 0.3 is 0 Å². The summed E-state index contributed by atoms with van der Waals surface area (Å²) in [4.78, 5) is 19.8. The number of aryl methyl sites for hydroxylation is 1. The van der Waals surface area contributed by atoms with Gasteiger partial charge in [-0.3, -0.25) is 4.79 Å². The zero-order chi connectivity index (χ0) is 22.3. The van der Waals surface area contributed by atoms with Crippen LogP contribution in [0.15, 0.2) is 48.5 Å². The number of nitrogens with zero attached hydrogens (tertiary/aromatic N) is 3. The lowest BCUT2D eigenvalue weighted by Crippen LogP contribution is -2.25. The number of carbonyl (C=O) groups excluding carboxylic acids is 1. The van der Waals surface area contributed by atoms with Gasteiger partial charge in [-0.2, -0.15) is 0 Å². The molecular weight excluding hydrogens is 398 g/mol. The van der Waals surface area contributed by atoms with Gasteiger partial charge in [0, 0.05) is 25.4 Å². The topological polar surface area (TPSA) is 47.4 Å². The SMILES string of the molecule is CCCCCCCCCn1c([C@@H]2CC(=O)N(c3ccccc3OC)C2)nc2ccccc21. The van der Waals surface area contributed by atoms with E-state index in [0.717, 1.165) is 35.7 Å². The first-order valence-electron chi connectivity index (χ1n) is 12.1. The molecule has 1 atom stereocenters. The van der Waals surface area contributed by atoms with E-state index in [-0.39, 0.29) is 11.8 Å². The quantitative estimate of drug-likeness (QED) is 0.333. The van der Waals surface area contributed by atoms with Crippen LogP contribution in [0, 0.1) is 0 Å². The Morgan fingerprint density at radius 3 is 2.50 bits per heavy atom. The van der Waals surface area contributed by atoms with Gasteiger partial charge in [0.25, 0.3) is 0 Å². The molecule has 170 valence electrons. The second-order valence-electron chi connectivity index (χ2n) is 8.81. The van der Waals surface area contributed by atoms with E-state index < -0.39 is 0 Å². The van der Waals surface area contributed by atoms with E-state index in [9.17, 15) is 4.79 Å². The van der Waals surface area contributed by atoms with E-state index in [1.807, 2.05) is 35.2 Å². The number of aromatic nitrogens is 2. The number of benzene rings is 2. The van der Waals surface area contributed by atoms with Gasteiger partial charge in [0.1, 0.15) is 11.6 Å². The molecule has 5 nitrogen and oxygen atoms in total. The van der Waals surface area contributed by atoms with Crippen LogP contribution >= 0.6 is 0 Å². The van der Waals surface area contributed by atoms with Gasteiger partial charge in [-0.05, 0) is 30.7 Å². The van der Waals surface area contributed by atoms with Crippen molar-refractivity contribution in [3.8, 4) is 5.75 Å². The van der Waals surface area contributed by atoms with Gasteiger partial charge in [-0.15, -0.1) is 0 Å². The van der Waals surface area contributed by atoms with Gasteiger partial charge in [0.15, 0.2) is 0 Å². The highest BCUT2D eigenvalue weighted by atomic mass is 16.5. The number of hydrogen-bond acceptors (Lipinski definition) is 3. The average molecular weight is 434 g/mol. The van der Waals surface area contributed by atoms with Crippen LogP contribution in [0.25, 0.3) is 11.0 Å². The first kappa shape index (κ1) is 22.4. The number of rotatable bonds is 11. The smallest absolute Gasteiger partial charge is 0.227 e. The standard InChI is InChI=1S/C27H35N3O2/c1-3-4-5-6-7-8-13-18-29-23-15-10-9-14-22(23)28-27(29)21-19-26(31)30(20-21)24-16-11-12-17-25(24)32-2/h9-12,14-17,21H,3-8,13,18-20H2,1-2H3/t21-/m1/s1. The molecule has 1 saturated heterocycles. The second-order valence-corrected chi connectivity index (χ2v) is 8.81. The molecule has 1 fully saturated rings. The molecule has 0 spiro atoms. The average Bonchev–Trinajstić information content (AvgIpc) is 3.39. The molecule has 0 bridgehead atoms. The predicted molar refractivity (Wildman–Crippen MR) is 130 cm³/mol. The fourth-order valence-corrected chi connectivity index (χ4v) is 4.83. The summed E-state index contributed by atoms with van der Waals surface area (Å²) >= 11 is 0. The van der Waals surface area contributed by atoms with Gasteiger partial charge < -0.3 is 14.2 Å². The number of fused-ring (bicyclic) bond motifs is 1. The fourth-order valence-electron chi connectivity index (χ4n) is 4.83. The first-order valence-corrected chi connectivity index (χ1v) is 12.1. The largest absolute Gasteiger partial charge is 0.495 e. The van der Waals surface area contributed by atoms with E-state index >= 15 is 0 Å². The van der Waals surface area contributed by atoms with Crippen molar-refractivity contribution in [2.75, 3.05) is 18.6 Å². The molecule has 0 N–H and O–H groups in total. The molecule has 0 radical (unpaired) electrons. The number of unbranched alkanes of at least 4 members (excludes halogenated alkanes) is 6. The number of amides is 1. The number of carbonyl (C=O) groups is 1. The molecular formula is C27H35N3O2. The van der Waals surface area contributed by atoms with Crippen molar-refractivity contribution < 1.29 is 9.53 Å². The minimum Gasteiger partial charge on any atom is -0.495 e. The monoisotopic (exact) mass is 433 g/mol. The van der Waals surface area contributed by atoms with Crippen molar-refractivity contribution >= 4 is 22.6 Å². The Hall–Kier alpha value is -2.82. The molecule has 2 heterocycles. The van der Waals surface area contributed by atoms with Gasteiger partial charge in [0.05, 0.1) is 23.8 Å². The van der Waals surface area contributed by atoms with Gasteiger partial charge in [-0.1, -0.05) is 69.7 Å². The van der Waals surface area contributed by atoms with Crippen molar-refractivity contribution in [2.24, 2.45) is 0 Å². The van der Waals surface area contributed by atoms with Crippen LogP contribution in [0.5, 0.6) is 5.75 Å². The van der Waals surface area contributed by atoms with Crippen molar-refractivity contribution in [1.29, 1.82) is 0 Å². The highest BCUT2D eigenvalue weighted by Gasteiger charge is 2.35. The predicted octanol–water partition coefficient (Wildman–Crippen LogP) is 6.32. The van der Waals surface area contributed by atoms with Crippen LogP contribution in [0.1, 0.15) is 70.0 Å².